The Labute approximate surface area is 146 Å². The van der Waals surface area contributed by atoms with Gasteiger partial charge in [-0.15, -0.1) is 0 Å². The summed E-state index contributed by atoms with van der Waals surface area (Å²) in [4.78, 5) is 0. The van der Waals surface area contributed by atoms with Crippen molar-refractivity contribution in [3.8, 4) is 34.1 Å². The van der Waals surface area contributed by atoms with Crippen molar-refractivity contribution in [3.05, 3.63) is 34.9 Å². The minimum atomic E-state index is -0.767. The summed E-state index contributed by atoms with van der Waals surface area (Å²) in [5.74, 6) is 1.51. The average Bonchev–Trinajstić information content (AvgIpc) is 2.64. The van der Waals surface area contributed by atoms with Gasteiger partial charge >= 0.3 is 0 Å². The first kappa shape index (κ1) is 16.1. The van der Waals surface area contributed by atoms with Gasteiger partial charge in [-0.05, 0) is 41.8 Å². The Morgan fingerprint density at radius 3 is 2.48 bits per heavy atom. The van der Waals surface area contributed by atoms with Crippen LogP contribution in [-0.4, -0.2) is 38.1 Å². The highest BCUT2D eigenvalue weighted by atomic mass is 16.5. The van der Waals surface area contributed by atoms with Crippen LogP contribution in [0.3, 0.4) is 0 Å². The molecule has 2 unspecified atom stereocenters. The molecule has 6 heteroatoms. The zero-order valence-corrected chi connectivity index (χ0v) is 14.4. The molecule has 25 heavy (non-hydrogen) atoms. The molecule has 1 aliphatic carbocycles. The third-order valence-electron chi connectivity index (χ3n) is 5.14. The maximum absolute atomic E-state index is 10.9. The average molecular weight is 343 g/mol. The number of phenolic OH excluding ortho intramolecular Hbond substituents is 1. The third-order valence-corrected chi connectivity index (χ3v) is 5.14. The summed E-state index contributed by atoms with van der Waals surface area (Å²) in [6.07, 6.45) is 0.0443. The number of nitrogens with one attached hydrogen (secondary N) is 1. The number of benzene rings is 2. The molecule has 2 atom stereocenters. The molecular weight excluding hydrogens is 322 g/mol. The van der Waals surface area contributed by atoms with E-state index in [0.29, 0.717) is 28.4 Å². The van der Waals surface area contributed by atoms with Gasteiger partial charge in [0.05, 0.1) is 33.5 Å². The molecule has 0 bridgehead atoms. The molecule has 2 aromatic rings. The highest BCUT2D eigenvalue weighted by Crippen LogP contribution is 2.57. The summed E-state index contributed by atoms with van der Waals surface area (Å²) in [5.41, 5.74) is 3.98. The fraction of sp³-hybridized carbons (Fsp3) is 0.368. The zero-order valence-electron chi connectivity index (χ0n) is 14.4. The predicted molar refractivity (Wildman–Crippen MR) is 92.6 cm³/mol. The Hall–Kier alpha value is -2.44. The smallest absolute Gasteiger partial charge is 0.169 e. The maximum Gasteiger partial charge on any atom is 0.169 e. The van der Waals surface area contributed by atoms with E-state index in [-0.39, 0.29) is 11.8 Å². The van der Waals surface area contributed by atoms with E-state index in [0.717, 1.165) is 29.7 Å². The van der Waals surface area contributed by atoms with Crippen LogP contribution in [0, 0.1) is 0 Å². The molecule has 0 spiro atoms. The van der Waals surface area contributed by atoms with Gasteiger partial charge in [0, 0.05) is 11.1 Å². The Balaban J connectivity index is 2.14. The van der Waals surface area contributed by atoms with Gasteiger partial charge in [0.25, 0.3) is 0 Å². The van der Waals surface area contributed by atoms with Gasteiger partial charge in [-0.3, -0.25) is 0 Å². The van der Waals surface area contributed by atoms with Crippen LogP contribution in [0.4, 0.5) is 0 Å². The van der Waals surface area contributed by atoms with Gasteiger partial charge in [0.2, 0.25) is 0 Å². The summed E-state index contributed by atoms with van der Waals surface area (Å²) in [6, 6.07) is 5.16. The van der Waals surface area contributed by atoms with E-state index in [4.69, 9.17) is 14.2 Å². The van der Waals surface area contributed by atoms with Crippen LogP contribution in [-0.2, 0) is 6.42 Å². The van der Waals surface area contributed by atoms with Crippen molar-refractivity contribution in [2.45, 2.75) is 18.6 Å². The van der Waals surface area contributed by atoms with E-state index < -0.39 is 6.10 Å². The molecule has 0 saturated carbocycles. The van der Waals surface area contributed by atoms with Crippen molar-refractivity contribution in [3.63, 3.8) is 0 Å². The van der Waals surface area contributed by atoms with Crippen molar-refractivity contribution >= 4 is 0 Å². The zero-order chi connectivity index (χ0) is 17.7. The lowest BCUT2D eigenvalue weighted by Crippen LogP contribution is -2.36. The fourth-order valence-corrected chi connectivity index (χ4v) is 4.05. The molecular formula is C19H21NO5. The molecule has 2 aliphatic rings. The molecule has 0 aromatic heterocycles. The minimum Gasteiger partial charge on any atom is -0.504 e. The van der Waals surface area contributed by atoms with Crippen molar-refractivity contribution in [2.75, 3.05) is 27.9 Å². The van der Waals surface area contributed by atoms with Crippen LogP contribution in [0.1, 0.15) is 28.8 Å². The van der Waals surface area contributed by atoms with Crippen LogP contribution in [0.15, 0.2) is 18.2 Å². The summed E-state index contributed by atoms with van der Waals surface area (Å²) < 4.78 is 16.4. The molecule has 0 amide bonds. The molecule has 0 radical (unpaired) electrons. The van der Waals surface area contributed by atoms with E-state index in [1.807, 2.05) is 6.07 Å². The Morgan fingerprint density at radius 1 is 1.04 bits per heavy atom. The standard InChI is InChI=1S/C19H21NO5/c1-23-11-5-4-10-14(18(11)22)15-13-9(6-7-20-16(13)17(10)21)8-12(24-2)19(15)25-3/h4-5,8,16-17,20-22H,6-7H2,1-3H3. The number of ether oxygens (including phenoxy) is 3. The quantitative estimate of drug-likeness (QED) is 0.794. The first-order valence-electron chi connectivity index (χ1n) is 8.21. The second kappa shape index (κ2) is 5.82. The van der Waals surface area contributed by atoms with Crippen molar-refractivity contribution in [1.82, 2.24) is 5.32 Å². The van der Waals surface area contributed by atoms with Gasteiger partial charge in [-0.2, -0.15) is 0 Å². The number of fused-ring (bicyclic) bond motifs is 2. The van der Waals surface area contributed by atoms with Crippen LogP contribution in [0.5, 0.6) is 23.0 Å². The molecule has 0 saturated heterocycles. The molecule has 1 aliphatic heterocycles. The topological polar surface area (TPSA) is 80.2 Å². The van der Waals surface area contributed by atoms with Gasteiger partial charge in [-0.1, -0.05) is 6.07 Å². The van der Waals surface area contributed by atoms with Crippen molar-refractivity contribution < 1.29 is 24.4 Å². The van der Waals surface area contributed by atoms with Gasteiger partial charge < -0.3 is 29.7 Å². The summed E-state index contributed by atoms with van der Waals surface area (Å²) in [7, 11) is 4.68. The van der Waals surface area contributed by atoms with Crippen LogP contribution >= 0.6 is 0 Å². The first-order chi connectivity index (χ1) is 12.1. The Bertz CT molecular complexity index is 848. The number of hydrogen-bond donors (Lipinski definition) is 3. The SMILES string of the molecule is COc1ccc2c(c1O)-c1c(OC)c(OC)cc3c1C(NCC3)C2O. The highest BCUT2D eigenvalue weighted by molar-refractivity contribution is 5.88. The number of aliphatic hydroxyl groups is 1. The second-order valence-corrected chi connectivity index (χ2v) is 6.27. The second-order valence-electron chi connectivity index (χ2n) is 6.27. The molecule has 0 fully saturated rings. The molecule has 6 nitrogen and oxygen atoms in total. The number of aliphatic hydroxyl groups excluding tert-OH is 1. The summed E-state index contributed by atoms with van der Waals surface area (Å²) in [5, 5.41) is 25.1. The summed E-state index contributed by atoms with van der Waals surface area (Å²) in [6.45, 7) is 0.765. The maximum atomic E-state index is 10.9. The number of rotatable bonds is 3. The van der Waals surface area contributed by atoms with Crippen LogP contribution < -0.4 is 19.5 Å². The molecule has 2 aromatic carbocycles. The fourth-order valence-electron chi connectivity index (χ4n) is 4.05. The van der Waals surface area contributed by atoms with Crippen molar-refractivity contribution in [2.24, 2.45) is 0 Å². The van der Waals surface area contributed by atoms with E-state index >= 15 is 0 Å². The summed E-state index contributed by atoms with van der Waals surface area (Å²) >= 11 is 0. The third kappa shape index (κ3) is 2.11. The lowest BCUT2D eigenvalue weighted by atomic mass is 9.75. The van der Waals surface area contributed by atoms with E-state index in [1.165, 1.54) is 7.11 Å². The normalized spacial score (nSPS) is 20.5. The number of aromatic hydroxyl groups is 1. The lowest BCUT2D eigenvalue weighted by molar-refractivity contribution is 0.123. The molecule has 4 rings (SSSR count). The first-order valence-corrected chi connectivity index (χ1v) is 8.21. The lowest BCUT2D eigenvalue weighted by Gasteiger charge is -2.39. The predicted octanol–water partition coefficient (Wildman–Crippen LogP) is 2.32. The highest BCUT2D eigenvalue weighted by Gasteiger charge is 2.40. The van der Waals surface area contributed by atoms with E-state index in [1.54, 1.807) is 26.4 Å². The monoisotopic (exact) mass is 343 g/mol. The minimum absolute atomic E-state index is 0.00294. The molecule has 132 valence electrons. The number of hydrogen-bond acceptors (Lipinski definition) is 6. The Morgan fingerprint density at radius 2 is 1.80 bits per heavy atom. The van der Waals surface area contributed by atoms with Gasteiger partial charge in [0.1, 0.15) is 0 Å². The Kier molecular flexibility index (Phi) is 3.74. The van der Waals surface area contributed by atoms with Crippen molar-refractivity contribution in [1.29, 1.82) is 0 Å². The van der Waals surface area contributed by atoms with Crippen LogP contribution in [0.25, 0.3) is 11.1 Å². The van der Waals surface area contributed by atoms with Gasteiger partial charge in [-0.25, -0.2) is 0 Å². The van der Waals surface area contributed by atoms with Crippen LogP contribution in [0.2, 0.25) is 0 Å². The van der Waals surface area contributed by atoms with E-state index in [2.05, 4.69) is 5.32 Å². The largest absolute Gasteiger partial charge is 0.504 e. The number of methoxy groups -OCH3 is 3. The molecule has 3 N–H and O–H groups in total. The van der Waals surface area contributed by atoms with E-state index in [9.17, 15) is 10.2 Å². The molecule has 1 heterocycles. The van der Waals surface area contributed by atoms with Gasteiger partial charge in [0.15, 0.2) is 23.0 Å². The number of phenols is 1.